The SMILES string of the molecule is C=CCNC(N)=NCc1ccc(N2CCSCC2)cc1.I. The van der Waals surface area contributed by atoms with Gasteiger partial charge in [-0.25, -0.2) is 4.99 Å². The average Bonchev–Trinajstić information content (AvgIpc) is 2.52. The first-order valence-electron chi connectivity index (χ1n) is 6.86. The summed E-state index contributed by atoms with van der Waals surface area (Å²) in [5.74, 6) is 2.90. The molecule has 0 unspecified atom stereocenters. The van der Waals surface area contributed by atoms with Gasteiger partial charge in [-0.1, -0.05) is 18.2 Å². The zero-order valence-electron chi connectivity index (χ0n) is 12.1. The molecule has 3 N–H and O–H groups in total. The minimum Gasteiger partial charge on any atom is -0.370 e. The number of hydrogen-bond donors (Lipinski definition) is 2. The third kappa shape index (κ3) is 6.17. The lowest BCUT2D eigenvalue weighted by molar-refractivity contribution is 0.858. The number of anilines is 1. The predicted octanol–water partition coefficient (Wildman–Crippen LogP) is 2.45. The van der Waals surface area contributed by atoms with Crippen LogP contribution in [0.2, 0.25) is 0 Å². The first-order chi connectivity index (χ1) is 9.79. The molecule has 0 aliphatic carbocycles. The van der Waals surface area contributed by atoms with Crippen LogP contribution in [0.5, 0.6) is 0 Å². The number of halogens is 1. The van der Waals surface area contributed by atoms with E-state index in [9.17, 15) is 0 Å². The highest BCUT2D eigenvalue weighted by Gasteiger charge is 2.10. The molecule has 21 heavy (non-hydrogen) atoms. The van der Waals surface area contributed by atoms with Gasteiger partial charge in [-0.2, -0.15) is 11.8 Å². The molecule has 6 heteroatoms. The molecule has 0 amide bonds. The van der Waals surface area contributed by atoms with Gasteiger partial charge in [0.05, 0.1) is 6.54 Å². The number of nitrogens with zero attached hydrogens (tertiary/aromatic N) is 2. The maximum absolute atomic E-state index is 5.73. The van der Waals surface area contributed by atoms with Gasteiger partial charge in [0.1, 0.15) is 0 Å². The van der Waals surface area contributed by atoms with Gasteiger partial charge in [-0.05, 0) is 17.7 Å². The summed E-state index contributed by atoms with van der Waals surface area (Å²) in [5, 5.41) is 2.96. The van der Waals surface area contributed by atoms with Crippen LogP contribution in [-0.4, -0.2) is 37.1 Å². The van der Waals surface area contributed by atoms with Gasteiger partial charge in [-0.3, -0.25) is 0 Å². The third-order valence-electron chi connectivity index (χ3n) is 3.17. The van der Waals surface area contributed by atoms with Crippen LogP contribution in [0.4, 0.5) is 5.69 Å². The van der Waals surface area contributed by atoms with Gasteiger partial charge in [0.2, 0.25) is 0 Å². The summed E-state index contributed by atoms with van der Waals surface area (Å²) in [6, 6.07) is 8.60. The maximum Gasteiger partial charge on any atom is 0.189 e. The van der Waals surface area contributed by atoms with Crippen molar-refractivity contribution in [3.63, 3.8) is 0 Å². The predicted molar refractivity (Wildman–Crippen MR) is 105 cm³/mol. The van der Waals surface area contributed by atoms with E-state index in [0.29, 0.717) is 19.0 Å². The van der Waals surface area contributed by atoms with Crippen molar-refractivity contribution in [2.45, 2.75) is 6.54 Å². The van der Waals surface area contributed by atoms with Crippen molar-refractivity contribution in [2.75, 3.05) is 36.0 Å². The Hall–Kier alpha value is -0.890. The molecule has 1 aromatic rings. The van der Waals surface area contributed by atoms with Crippen molar-refractivity contribution in [3.8, 4) is 0 Å². The van der Waals surface area contributed by atoms with Gasteiger partial charge < -0.3 is 16.0 Å². The topological polar surface area (TPSA) is 53.6 Å². The summed E-state index contributed by atoms with van der Waals surface area (Å²) in [5.41, 5.74) is 8.21. The number of hydrogen-bond acceptors (Lipinski definition) is 3. The molecule has 0 bridgehead atoms. The molecule has 1 aromatic carbocycles. The molecule has 116 valence electrons. The molecular weight excluding hydrogens is 395 g/mol. The van der Waals surface area contributed by atoms with Crippen molar-refractivity contribution in [2.24, 2.45) is 10.7 Å². The number of thioether (sulfide) groups is 1. The first kappa shape index (κ1) is 18.2. The fourth-order valence-electron chi connectivity index (χ4n) is 2.04. The first-order valence-corrected chi connectivity index (χ1v) is 8.01. The summed E-state index contributed by atoms with van der Waals surface area (Å²) < 4.78 is 0. The highest BCUT2D eigenvalue weighted by atomic mass is 127. The quantitative estimate of drug-likeness (QED) is 0.334. The second kappa shape index (κ2) is 9.94. The fraction of sp³-hybridized carbons (Fsp3) is 0.400. The van der Waals surface area contributed by atoms with Crippen molar-refractivity contribution in [1.29, 1.82) is 0 Å². The Balaban J connectivity index is 0.00000220. The Morgan fingerprint density at radius 3 is 2.62 bits per heavy atom. The summed E-state index contributed by atoms with van der Waals surface area (Å²) in [6.45, 7) is 7.15. The second-order valence-electron chi connectivity index (χ2n) is 4.64. The van der Waals surface area contributed by atoms with Gasteiger partial charge in [0.25, 0.3) is 0 Å². The number of benzene rings is 1. The highest BCUT2D eigenvalue weighted by Crippen LogP contribution is 2.20. The van der Waals surface area contributed by atoms with Gasteiger partial charge >= 0.3 is 0 Å². The highest BCUT2D eigenvalue weighted by molar-refractivity contribution is 14.0. The van der Waals surface area contributed by atoms with Crippen molar-refractivity contribution >= 4 is 47.4 Å². The van der Waals surface area contributed by atoms with Gasteiger partial charge in [0, 0.05) is 36.8 Å². The number of aliphatic imine (C=N–C) groups is 1. The minimum absolute atomic E-state index is 0. The van der Waals surface area contributed by atoms with E-state index in [-0.39, 0.29) is 24.0 Å². The Kier molecular flexibility index (Phi) is 8.60. The van der Waals surface area contributed by atoms with E-state index in [1.807, 2.05) is 11.8 Å². The van der Waals surface area contributed by atoms with E-state index in [0.717, 1.165) is 13.1 Å². The van der Waals surface area contributed by atoms with Gasteiger partial charge in [0.15, 0.2) is 5.96 Å². The molecule has 4 nitrogen and oxygen atoms in total. The van der Waals surface area contributed by atoms with Crippen LogP contribution >= 0.6 is 35.7 Å². The molecule has 0 spiro atoms. The lowest BCUT2D eigenvalue weighted by atomic mass is 10.2. The van der Waals surface area contributed by atoms with Gasteiger partial charge in [-0.15, -0.1) is 30.6 Å². The molecular formula is C15H23IN4S. The van der Waals surface area contributed by atoms with Crippen molar-refractivity contribution < 1.29 is 0 Å². The molecule has 0 aromatic heterocycles. The molecule has 2 rings (SSSR count). The van der Waals surface area contributed by atoms with Crippen LogP contribution in [0, 0.1) is 0 Å². The molecule has 1 saturated heterocycles. The molecule has 0 saturated carbocycles. The molecule has 1 fully saturated rings. The zero-order chi connectivity index (χ0) is 14.2. The minimum atomic E-state index is 0. The van der Waals surface area contributed by atoms with E-state index in [1.165, 1.54) is 22.8 Å². The van der Waals surface area contributed by atoms with E-state index in [1.54, 1.807) is 6.08 Å². The average molecular weight is 418 g/mol. The van der Waals surface area contributed by atoms with Crippen LogP contribution in [0.1, 0.15) is 5.56 Å². The van der Waals surface area contributed by atoms with E-state index in [4.69, 9.17) is 5.73 Å². The fourth-order valence-corrected chi connectivity index (χ4v) is 2.95. The van der Waals surface area contributed by atoms with Crippen LogP contribution < -0.4 is 16.0 Å². The summed E-state index contributed by atoms with van der Waals surface area (Å²) in [6.07, 6.45) is 1.76. The molecule has 1 aliphatic rings. The van der Waals surface area contributed by atoms with Crippen LogP contribution in [0.15, 0.2) is 41.9 Å². The van der Waals surface area contributed by atoms with Crippen molar-refractivity contribution in [1.82, 2.24) is 5.32 Å². The monoisotopic (exact) mass is 418 g/mol. The van der Waals surface area contributed by atoms with Crippen molar-refractivity contribution in [3.05, 3.63) is 42.5 Å². The summed E-state index contributed by atoms with van der Waals surface area (Å²) in [4.78, 5) is 6.73. The van der Waals surface area contributed by atoms with E-state index in [2.05, 4.69) is 46.1 Å². The Morgan fingerprint density at radius 2 is 2.00 bits per heavy atom. The number of guanidine groups is 1. The van der Waals surface area contributed by atoms with E-state index < -0.39 is 0 Å². The maximum atomic E-state index is 5.73. The van der Waals surface area contributed by atoms with Crippen LogP contribution in [0.25, 0.3) is 0 Å². The lowest BCUT2D eigenvalue weighted by Crippen LogP contribution is -2.32. The molecule has 1 heterocycles. The molecule has 0 atom stereocenters. The number of nitrogens with two attached hydrogens (primary N) is 1. The third-order valence-corrected chi connectivity index (χ3v) is 4.11. The Morgan fingerprint density at radius 1 is 1.33 bits per heavy atom. The van der Waals surface area contributed by atoms with E-state index >= 15 is 0 Å². The Bertz CT molecular complexity index is 455. The lowest BCUT2D eigenvalue weighted by Gasteiger charge is -2.28. The molecule has 1 aliphatic heterocycles. The number of rotatable bonds is 5. The smallest absolute Gasteiger partial charge is 0.189 e. The Labute approximate surface area is 148 Å². The summed E-state index contributed by atoms with van der Waals surface area (Å²) >= 11 is 2.03. The van der Waals surface area contributed by atoms with Crippen LogP contribution in [0.3, 0.4) is 0 Å². The number of nitrogens with one attached hydrogen (secondary N) is 1. The summed E-state index contributed by atoms with van der Waals surface area (Å²) in [7, 11) is 0. The standard InChI is InChI=1S/C15H22N4S.HI/c1-2-7-17-15(16)18-12-13-3-5-14(6-4-13)19-8-10-20-11-9-19;/h2-6H,1,7-12H2,(H3,16,17,18);1H. The van der Waals surface area contributed by atoms with Crippen LogP contribution in [-0.2, 0) is 6.54 Å². The zero-order valence-corrected chi connectivity index (χ0v) is 15.3. The largest absolute Gasteiger partial charge is 0.370 e. The normalized spacial score (nSPS) is 15.2. The molecule has 0 radical (unpaired) electrons. The second-order valence-corrected chi connectivity index (χ2v) is 5.86.